The zero-order valence-electron chi connectivity index (χ0n) is 10.5. The van der Waals surface area contributed by atoms with Crippen molar-refractivity contribution in [2.24, 2.45) is 0 Å². The van der Waals surface area contributed by atoms with Crippen LogP contribution >= 0.6 is 15.9 Å². The molecule has 0 aromatic carbocycles. The highest BCUT2D eigenvalue weighted by molar-refractivity contribution is 9.10. The average Bonchev–Trinajstić information content (AvgIpc) is 2.29. The van der Waals surface area contributed by atoms with Crippen molar-refractivity contribution in [3.63, 3.8) is 0 Å². The number of nitrogens with one attached hydrogen (secondary N) is 1. The second-order valence-corrected chi connectivity index (χ2v) is 4.95. The van der Waals surface area contributed by atoms with E-state index in [0.717, 1.165) is 16.6 Å². The number of hydrogen-bond acceptors (Lipinski definition) is 3. The SMILES string of the molecule is CC=CCOc1ncc(Br)cc1CNC(C)C. The Morgan fingerprint density at radius 1 is 1.53 bits per heavy atom. The van der Waals surface area contributed by atoms with Crippen molar-refractivity contribution >= 4 is 15.9 Å². The Balaban J connectivity index is 2.72. The number of allylic oxidation sites excluding steroid dienone is 1. The summed E-state index contributed by atoms with van der Waals surface area (Å²) in [5.41, 5.74) is 1.07. The van der Waals surface area contributed by atoms with E-state index in [1.165, 1.54) is 0 Å². The lowest BCUT2D eigenvalue weighted by Crippen LogP contribution is -2.22. The minimum Gasteiger partial charge on any atom is -0.473 e. The smallest absolute Gasteiger partial charge is 0.218 e. The normalized spacial score (nSPS) is 11.4. The molecular weight excluding hydrogens is 280 g/mol. The highest BCUT2D eigenvalue weighted by atomic mass is 79.9. The fraction of sp³-hybridized carbons (Fsp3) is 0.462. The lowest BCUT2D eigenvalue weighted by atomic mass is 10.2. The van der Waals surface area contributed by atoms with Gasteiger partial charge in [0, 0.05) is 28.8 Å². The van der Waals surface area contributed by atoms with Crippen LogP contribution in [0.15, 0.2) is 28.9 Å². The molecule has 1 heterocycles. The summed E-state index contributed by atoms with van der Waals surface area (Å²) in [7, 11) is 0. The second-order valence-electron chi connectivity index (χ2n) is 4.03. The van der Waals surface area contributed by atoms with Gasteiger partial charge in [-0.3, -0.25) is 0 Å². The number of aromatic nitrogens is 1. The minimum absolute atomic E-state index is 0.442. The second kappa shape index (κ2) is 7.45. The van der Waals surface area contributed by atoms with Gasteiger partial charge in [0.05, 0.1) is 0 Å². The molecule has 0 saturated carbocycles. The van der Waals surface area contributed by atoms with Crippen LogP contribution in [0.2, 0.25) is 0 Å². The first-order valence-electron chi connectivity index (χ1n) is 5.75. The number of halogens is 1. The van der Waals surface area contributed by atoms with Crippen LogP contribution in [0, 0.1) is 0 Å². The molecule has 0 bridgehead atoms. The maximum absolute atomic E-state index is 5.61. The van der Waals surface area contributed by atoms with Crippen molar-refractivity contribution in [1.29, 1.82) is 0 Å². The Kier molecular flexibility index (Phi) is 6.22. The Labute approximate surface area is 111 Å². The lowest BCUT2D eigenvalue weighted by Gasteiger charge is -2.12. The summed E-state index contributed by atoms with van der Waals surface area (Å²) < 4.78 is 6.58. The first kappa shape index (κ1) is 14.2. The fourth-order valence-electron chi connectivity index (χ4n) is 1.26. The van der Waals surface area contributed by atoms with Gasteiger partial charge in [0.25, 0.3) is 0 Å². The molecule has 4 heteroatoms. The molecule has 3 nitrogen and oxygen atoms in total. The zero-order chi connectivity index (χ0) is 12.7. The fourth-order valence-corrected chi connectivity index (χ4v) is 1.64. The molecule has 0 aliphatic rings. The molecule has 94 valence electrons. The third-order valence-electron chi connectivity index (χ3n) is 2.14. The molecular formula is C13H19BrN2O. The number of ether oxygens (including phenoxy) is 1. The molecule has 1 aromatic rings. The van der Waals surface area contributed by atoms with E-state index in [-0.39, 0.29) is 0 Å². The molecule has 0 aliphatic carbocycles. The molecule has 0 saturated heterocycles. The topological polar surface area (TPSA) is 34.1 Å². The summed E-state index contributed by atoms with van der Waals surface area (Å²) in [6.45, 7) is 7.52. The first-order valence-corrected chi connectivity index (χ1v) is 6.54. The number of pyridine rings is 1. The third-order valence-corrected chi connectivity index (χ3v) is 2.58. The quantitative estimate of drug-likeness (QED) is 0.818. The predicted molar refractivity (Wildman–Crippen MR) is 74.2 cm³/mol. The monoisotopic (exact) mass is 298 g/mol. The highest BCUT2D eigenvalue weighted by Gasteiger charge is 2.06. The molecule has 0 radical (unpaired) electrons. The van der Waals surface area contributed by atoms with Gasteiger partial charge >= 0.3 is 0 Å². The summed E-state index contributed by atoms with van der Waals surface area (Å²) in [5.74, 6) is 0.694. The molecule has 1 aromatic heterocycles. The van der Waals surface area contributed by atoms with Gasteiger partial charge in [0.15, 0.2) is 0 Å². The van der Waals surface area contributed by atoms with Crippen molar-refractivity contribution in [2.75, 3.05) is 6.61 Å². The zero-order valence-corrected chi connectivity index (χ0v) is 12.1. The lowest BCUT2D eigenvalue weighted by molar-refractivity contribution is 0.342. The van der Waals surface area contributed by atoms with Crippen LogP contribution in [0.4, 0.5) is 0 Å². The van der Waals surface area contributed by atoms with E-state index in [0.29, 0.717) is 18.5 Å². The van der Waals surface area contributed by atoms with Crippen LogP contribution < -0.4 is 10.1 Å². The van der Waals surface area contributed by atoms with E-state index in [4.69, 9.17) is 4.74 Å². The number of nitrogens with zero attached hydrogens (tertiary/aromatic N) is 1. The summed E-state index contributed by atoms with van der Waals surface area (Å²) in [6.07, 6.45) is 5.68. The van der Waals surface area contributed by atoms with E-state index < -0.39 is 0 Å². The Bertz CT molecular complexity index is 378. The molecule has 0 aliphatic heterocycles. The van der Waals surface area contributed by atoms with E-state index in [1.807, 2.05) is 25.1 Å². The van der Waals surface area contributed by atoms with E-state index in [2.05, 4.69) is 40.1 Å². The van der Waals surface area contributed by atoms with Gasteiger partial charge in [-0.25, -0.2) is 4.98 Å². The van der Waals surface area contributed by atoms with Crippen molar-refractivity contribution in [2.45, 2.75) is 33.4 Å². The van der Waals surface area contributed by atoms with Crippen LogP contribution in [0.25, 0.3) is 0 Å². The van der Waals surface area contributed by atoms with E-state index in [9.17, 15) is 0 Å². The highest BCUT2D eigenvalue weighted by Crippen LogP contribution is 2.20. The molecule has 1 N–H and O–H groups in total. The third kappa shape index (κ3) is 5.33. The minimum atomic E-state index is 0.442. The summed E-state index contributed by atoms with van der Waals surface area (Å²) in [5, 5.41) is 3.36. The van der Waals surface area contributed by atoms with Gasteiger partial charge in [-0.15, -0.1) is 0 Å². The molecule has 0 spiro atoms. The van der Waals surface area contributed by atoms with Crippen LogP contribution in [-0.2, 0) is 6.54 Å². The maximum Gasteiger partial charge on any atom is 0.218 e. The first-order chi connectivity index (χ1) is 8.13. The van der Waals surface area contributed by atoms with Crippen molar-refractivity contribution < 1.29 is 4.74 Å². The molecule has 17 heavy (non-hydrogen) atoms. The van der Waals surface area contributed by atoms with Gasteiger partial charge in [0.2, 0.25) is 5.88 Å². The van der Waals surface area contributed by atoms with Crippen LogP contribution in [0.3, 0.4) is 0 Å². The largest absolute Gasteiger partial charge is 0.473 e. The van der Waals surface area contributed by atoms with Gasteiger partial charge in [-0.2, -0.15) is 0 Å². The van der Waals surface area contributed by atoms with E-state index in [1.54, 1.807) is 6.20 Å². The molecule has 0 unspecified atom stereocenters. The molecule has 0 fully saturated rings. The number of rotatable bonds is 6. The van der Waals surface area contributed by atoms with Crippen LogP contribution in [0.1, 0.15) is 26.3 Å². The van der Waals surface area contributed by atoms with Crippen molar-refractivity contribution in [3.05, 3.63) is 34.5 Å². The van der Waals surface area contributed by atoms with Crippen LogP contribution in [0.5, 0.6) is 5.88 Å². The maximum atomic E-state index is 5.61. The summed E-state index contributed by atoms with van der Waals surface area (Å²) >= 11 is 3.43. The standard InChI is InChI=1S/C13H19BrN2O/c1-4-5-6-17-13-11(8-15-10(2)3)7-12(14)9-16-13/h4-5,7,9-10,15H,6,8H2,1-3H3. The molecule has 1 rings (SSSR count). The number of hydrogen-bond donors (Lipinski definition) is 1. The summed E-state index contributed by atoms with van der Waals surface area (Å²) in [6, 6.07) is 2.48. The Morgan fingerprint density at radius 3 is 2.94 bits per heavy atom. The summed E-state index contributed by atoms with van der Waals surface area (Å²) in [4.78, 5) is 4.28. The van der Waals surface area contributed by atoms with E-state index >= 15 is 0 Å². The Morgan fingerprint density at radius 2 is 2.29 bits per heavy atom. The molecule has 0 amide bonds. The average molecular weight is 299 g/mol. The molecule has 0 atom stereocenters. The van der Waals surface area contributed by atoms with Gasteiger partial charge in [-0.05, 0) is 28.9 Å². The van der Waals surface area contributed by atoms with Gasteiger partial charge in [-0.1, -0.05) is 26.0 Å². The predicted octanol–water partition coefficient (Wildman–Crippen LogP) is 3.30. The van der Waals surface area contributed by atoms with Crippen molar-refractivity contribution in [3.8, 4) is 5.88 Å². The van der Waals surface area contributed by atoms with Crippen LogP contribution in [-0.4, -0.2) is 17.6 Å². The Hall–Kier alpha value is -0.870. The van der Waals surface area contributed by atoms with Gasteiger partial charge < -0.3 is 10.1 Å². The van der Waals surface area contributed by atoms with Gasteiger partial charge in [0.1, 0.15) is 6.61 Å². The van der Waals surface area contributed by atoms with Crippen molar-refractivity contribution in [1.82, 2.24) is 10.3 Å².